The average Bonchev–Trinajstić information content (AvgIpc) is 2.36. The number of carboxylic acids is 1. The maximum atomic E-state index is 11.7. The van der Waals surface area contributed by atoms with Gasteiger partial charge in [0.15, 0.2) is 0 Å². The van der Waals surface area contributed by atoms with Crippen LogP contribution in [0.25, 0.3) is 0 Å². The van der Waals surface area contributed by atoms with Crippen LogP contribution in [0, 0.1) is 0 Å². The third-order valence-corrected chi connectivity index (χ3v) is 3.79. The van der Waals surface area contributed by atoms with Gasteiger partial charge in [-0.2, -0.15) is 0 Å². The number of hydrogen-bond donors (Lipinski definition) is 3. The summed E-state index contributed by atoms with van der Waals surface area (Å²) in [4.78, 5) is 15.7. The molecular formula is C12H11BrClN3O2. The summed E-state index contributed by atoms with van der Waals surface area (Å²) in [6, 6.07) is 6.80. The minimum absolute atomic E-state index is 0.00300. The van der Waals surface area contributed by atoms with E-state index in [1.54, 1.807) is 31.2 Å². The Balaban J connectivity index is 2.59. The van der Waals surface area contributed by atoms with Gasteiger partial charge in [0.2, 0.25) is 0 Å². The predicted molar refractivity (Wildman–Crippen MR) is 76.8 cm³/mol. The highest BCUT2D eigenvalue weighted by atomic mass is 79.9. The third-order valence-electron chi connectivity index (χ3n) is 2.78. The zero-order valence-corrected chi connectivity index (χ0v) is 12.3. The standard InChI is InChI=1S/C12H11BrClN3O2/c1-6-9(14)10(15)17-12(16-6,11(18)19)7-2-4-8(13)5-3-7/h2-5,16H,1H3,(H2,15,17)(H,18,19). The van der Waals surface area contributed by atoms with Gasteiger partial charge in [0.05, 0.1) is 0 Å². The number of halogens is 2. The molecule has 0 bridgehead atoms. The lowest BCUT2D eigenvalue weighted by Crippen LogP contribution is -2.51. The van der Waals surface area contributed by atoms with E-state index in [1.807, 2.05) is 0 Å². The highest BCUT2D eigenvalue weighted by Crippen LogP contribution is 2.31. The van der Waals surface area contributed by atoms with Crippen molar-refractivity contribution in [2.45, 2.75) is 12.6 Å². The van der Waals surface area contributed by atoms with Crippen LogP contribution in [0.4, 0.5) is 0 Å². The molecule has 1 aliphatic heterocycles. The van der Waals surface area contributed by atoms with E-state index < -0.39 is 11.6 Å². The van der Waals surface area contributed by atoms with E-state index in [9.17, 15) is 9.90 Å². The lowest BCUT2D eigenvalue weighted by Gasteiger charge is -2.32. The fourth-order valence-corrected chi connectivity index (χ4v) is 2.18. The monoisotopic (exact) mass is 343 g/mol. The minimum atomic E-state index is -1.65. The van der Waals surface area contributed by atoms with Gasteiger partial charge in [-0.1, -0.05) is 39.7 Å². The van der Waals surface area contributed by atoms with Gasteiger partial charge in [0.25, 0.3) is 5.66 Å². The Hall–Kier alpha value is -1.53. The molecular weight excluding hydrogens is 334 g/mol. The molecule has 1 aromatic rings. The van der Waals surface area contributed by atoms with Gasteiger partial charge in [0, 0.05) is 15.7 Å². The molecule has 0 spiro atoms. The number of nitrogens with one attached hydrogen (secondary N) is 1. The Labute approximate surface area is 123 Å². The SMILES string of the molecule is CC1=C(Cl)C(N)=NC(C(=O)O)(c2ccc(Br)cc2)N1. The summed E-state index contributed by atoms with van der Waals surface area (Å²) in [7, 11) is 0. The van der Waals surface area contributed by atoms with E-state index in [0.717, 1.165) is 4.47 Å². The van der Waals surface area contributed by atoms with Crippen molar-refractivity contribution in [2.75, 3.05) is 0 Å². The molecule has 100 valence electrons. The van der Waals surface area contributed by atoms with Gasteiger partial charge in [-0.25, -0.2) is 9.79 Å². The van der Waals surface area contributed by atoms with Crippen LogP contribution >= 0.6 is 27.5 Å². The van der Waals surface area contributed by atoms with E-state index in [0.29, 0.717) is 11.3 Å². The Morgan fingerprint density at radius 2 is 2.05 bits per heavy atom. The fourth-order valence-electron chi connectivity index (χ4n) is 1.83. The van der Waals surface area contributed by atoms with Gasteiger partial charge in [-0.05, 0) is 19.1 Å². The number of nitrogens with zero attached hydrogens (tertiary/aromatic N) is 1. The van der Waals surface area contributed by atoms with Crippen molar-refractivity contribution in [2.24, 2.45) is 10.7 Å². The molecule has 0 aliphatic carbocycles. The van der Waals surface area contributed by atoms with E-state index in [4.69, 9.17) is 17.3 Å². The van der Waals surface area contributed by atoms with Gasteiger partial charge >= 0.3 is 5.97 Å². The summed E-state index contributed by atoms with van der Waals surface area (Å²) >= 11 is 9.22. The van der Waals surface area contributed by atoms with Crippen LogP contribution in [0.5, 0.6) is 0 Å². The molecule has 0 saturated heterocycles. The molecule has 0 saturated carbocycles. The minimum Gasteiger partial charge on any atom is -0.478 e. The van der Waals surface area contributed by atoms with Gasteiger partial charge in [0.1, 0.15) is 10.9 Å². The van der Waals surface area contributed by atoms with E-state index in [-0.39, 0.29) is 10.9 Å². The molecule has 5 nitrogen and oxygen atoms in total. The summed E-state index contributed by atoms with van der Waals surface area (Å²) in [6.07, 6.45) is 0. The lowest BCUT2D eigenvalue weighted by atomic mass is 9.98. The van der Waals surface area contributed by atoms with Crippen LogP contribution in [0.3, 0.4) is 0 Å². The molecule has 1 heterocycles. The molecule has 1 atom stereocenters. The second-order valence-corrected chi connectivity index (χ2v) is 5.38. The summed E-state index contributed by atoms with van der Waals surface area (Å²) in [5, 5.41) is 12.6. The highest BCUT2D eigenvalue weighted by Gasteiger charge is 2.43. The summed E-state index contributed by atoms with van der Waals surface area (Å²) in [6.45, 7) is 1.65. The number of carbonyl (C=O) groups is 1. The Kier molecular flexibility index (Phi) is 3.56. The topological polar surface area (TPSA) is 87.7 Å². The van der Waals surface area contributed by atoms with Crippen LogP contribution < -0.4 is 11.1 Å². The molecule has 7 heteroatoms. The number of rotatable bonds is 2. The summed E-state index contributed by atoms with van der Waals surface area (Å²) in [5.74, 6) is -1.15. The maximum Gasteiger partial charge on any atom is 0.357 e. The summed E-state index contributed by atoms with van der Waals surface area (Å²) in [5.41, 5.74) is 4.99. The predicted octanol–water partition coefficient (Wildman–Crippen LogP) is 2.12. The molecule has 19 heavy (non-hydrogen) atoms. The van der Waals surface area contributed by atoms with E-state index >= 15 is 0 Å². The smallest absolute Gasteiger partial charge is 0.357 e. The highest BCUT2D eigenvalue weighted by molar-refractivity contribution is 9.10. The zero-order valence-electron chi connectivity index (χ0n) is 9.95. The number of benzene rings is 1. The van der Waals surface area contributed by atoms with E-state index in [1.165, 1.54) is 0 Å². The Bertz CT molecular complexity index is 597. The fraction of sp³-hybridized carbons (Fsp3) is 0.167. The van der Waals surface area contributed by atoms with Gasteiger partial charge < -0.3 is 16.2 Å². The largest absolute Gasteiger partial charge is 0.478 e. The molecule has 0 radical (unpaired) electrons. The number of carboxylic acid groups (broad SMARTS) is 1. The molecule has 0 fully saturated rings. The van der Waals surface area contributed by atoms with Crippen molar-refractivity contribution >= 4 is 39.3 Å². The number of hydrogen-bond acceptors (Lipinski definition) is 4. The van der Waals surface area contributed by atoms with Crippen LogP contribution in [0.2, 0.25) is 0 Å². The molecule has 1 unspecified atom stereocenters. The number of allylic oxidation sites excluding steroid dienone is 1. The van der Waals surface area contributed by atoms with Crippen LogP contribution in [0.1, 0.15) is 12.5 Å². The van der Waals surface area contributed by atoms with E-state index in [2.05, 4.69) is 26.2 Å². The quantitative estimate of drug-likeness (QED) is 0.767. The third kappa shape index (κ3) is 2.33. The molecule has 0 amide bonds. The number of aliphatic carboxylic acids is 1. The number of nitrogens with two attached hydrogens (primary N) is 1. The van der Waals surface area contributed by atoms with Crippen molar-refractivity contribution in [3.8, 4) is 0 Å². The second-order valence-electron chi connectivity index (χ2n) is 4.08. The van der Waals surface area contributed by atoms with Crippen LogP contribution in [-0.4, -0.2) is 16.9 Å². The van der Waals surface area contributed by atoms with Crippen molar-refractivity contribution in [3.63, 3.8) is 0 Å². The summed E-state index contributed by atoms with van der Waals surface area (Å²) < 4.78 is 0.842. The first-order valence-electron chi connectivity index (χ1n) is 5.36. The Morgan fingerprint density at radius 3 is 2.53 bits per heavy atom. The zero-order chi connectivity index (χ0) is 14.2. The van der Waals surface area contributed by atoms with Crippen molar-refractivity contribution in [3.05, 3.63) is 45.0 Å². The first-order chi connectivity index (χ1) is 8.86. The molecule has 2 rings (SSSR count). The van der Waals surface area contributed by atoms with Gasteiger partial charge in [-0.3, -0.25) is 0 Å². The number of aliphatic imine (C=N–C) groups is 1. The normalized spacial score (nSPS) is 22.8. The molecule has 1 aliphatic rings. The molecule has 0 aromatic heterocycles. The van der Waals surface area contributed by atoms with Crippen molar-refractivity contribution in [1.82, 2.24) is 5.32 Å². The molecule has 1 aromatic carbocycles. The Morgan fingerprint density at radius 1 is 1.47 bits per heavy atom. The van der Waals surface area contributed by atoms with Crippen molar-refractivity contribution in [1.29, 1.82) is 0 Å². The average molecular weight is 345 g/mol. The molecule has 4 N–H and O–H groups in total. The lowest BCUT2D eigenvalue weighted by molar-refractivity contribution is -0.144. The van der Waals surface area contributed by atoms with Crippen LogP contribution in [-0.2, 0) is 10.5 Å². The first kappa shape index (κ1) is 13.9. The number of amidine groups is 1. The maximum absolute atomic E-state index is 11.7. The van der Waals surface area contributed by atoms with Crippen molar-refractivity contribution < 1.29 is 9.90 Å². The van der Waals surface area contributed by atoms with Gasteiger partial charge in [-0.15, -0.1) is 0 Å². The van der Waals surface area contributed by atoms with Crippen LogP contribution in [0.15, 0.2) is 44.5 Å². The first-order valence-corrected chi connectivity index (χ1v) is 6.53. The second kappa shape index (κ2) is 4.86.